The highest BCUT2D eigenvalue weighted by Crippen LogP contribution is 2.33. The van der Waals surface area contributed by atoms with Crippen LogP contribution in [0.3, 0.4) is 0 Å². The van der Waals surface area contributed by atoms with Crippen LogP contribution in [0.5, 0.6) is 0 Å². The van der Waals surface area contributed by atoms with E-state index in [9.17, 15) is 5.11 Å². The zero-order chi connectivity index (χ0) is 19.2. The van der Waals surface area contributed by atoms with Crippen LogP contribution < -0.4 is 5.32 Å². The smallest absolute Gasteiger partial charge is 0.0940 e. The lowest BCUT2D eigenvalue weighted by molar-refractivity contribution is 0.123. The first kappa shape index (κ1) is 23.3. The van der Waals surface area contributed by atoms with Gasteiger partial charge in [0.2, 0.25) is 0 Å². The molecule has 2 aromatic rings. The van der Waals surface area contributed by atoms with Crippen molar-refractivity contribution in [1.29, 1.82) is 0 Å². The Morgan fingerprint density at radius 1 is 0.964 bits per heavy atom. The number of rotatable bonds is 7. The van der Waals surface area contributed by atoms with Gasteiger partial charge in [0.15, 0.2) is 0 Å². The Balaban J connectivity index is 0.00000280. The molecule has 3 rings (SSSR count). The SMILES string of the molecule is CC(C)Sc1ccc(C(O)C(C)NC2CCCC(c3ccccc3)C2)cc1.Cl. The van der Waals surface area contributed by atoms with Crippen molar-refractivity contribution in [3.8, 4) is 0 Å². The van der Waals surface area contributed by atoms with Crippen molar-refractivity contribution in [1.82, 2.24) is 5.32 Å². The van der Waals surface area contributed by atoms with E-state index in [1.807, 2.05) is 11.8 Å². The Kier molecular flexibility index (Phi) is 9.36. The molecule has 2 aromatic carbocycles. The Hall–Kier alpha value is -1.00. The van der Waals surface area contributed by atoms with Crippen molar-refractivity contribution in [2.45, 2.75) is 80.7 Å². The Bertz CT molecular complexity index is 692. The molecule has 0 amide bonds. The minimum atomic E-state index is -0.472. The highest BCUT2D eigenvalue weighted by atomic mass is 35.5. The second kappa shape index (κ2) is 11.3. The number of aliphatic hydroxyl groups excluding tert-OH is 1. The van der Waals surface area contributed by atoms with Gasteiger partial charge in [-0.15, -0.1) is 24.2 Å². The molecule has 28 heavy (non-hydrogen) atoms. The van der Waals surface area contributed by atoms with E-state index < -0.39 is 6.10 Å². The van der Waals surface area contributed by atoms with Gasteiger partial charge in [-0.1, -0.05) is 62.7 Å². The normalized spacial score (nSPS) is 21.8. The second-order valence-corrected chi connectivity index (χ2v) is 9.76. The topological polar surface area (TPSA) is 32.3 Å². The predicted molar refractivity (Wildman–Crippen MR) is 124 cm³/mol. The lowest BCUT2D eigenvalue weighted by Crippen LogP contribution is -2.42. The van der Waals surface area contributed by atoms with Gasteiger partial charge in [-0.25, -0.2) is 0 Å². The molecule has 0 aromatic heterocycles. The van der Waals surface area contributed by atoms with Gasteiger partial charge in [0.1, 0.15) is 0 Å². The maximum Gasteiger partial charge on any atom is 0.0940 e. The minimum absolute atomic E-state index is 0. The Morgan fingerprint density at radius 2 is 1.64 bits per heavy atom. The summed E-state index contributed by atoms with van der Waals surface area (Å²) in [5.74, 6) is 0.633. The van der Waals surface area contributed by atoms with Crippen LogP contribution in [0.15, 0.2) is 59.5 Å². The maximum absolute atomic E-state index is 10.8. The van der Waals surface area contributed by atoms with Gasteiger partial charge < -0.3 is 10.4 Å². The molecule has 0 bridgehead atoms. The average molecular weight is 420 g/mol. The van der Waals surface area contributed by atoms with Gasteiger partial charge in [-0.2, -0.15) is 0 Å². The van der Waals surface area contributed by atoms with E-state index in [0.29, 0.717) is 17.2 Å². The van der Waals surface area contributed by atoms with Gasteiger partial charge in [0.05, 0.1) is 6.10 Å². The highest BCUT2D eigenvalue weighted by Gasteiger charge is 2.26. The van der Waals surface area contributed by atoms with E-state index in [-0.39, 0.29) is 18.4 Å². The first-order valence-electron chi connectivity index (χ1n) is 10.3. The summed E-state index contributed by atoms with van der Waals surface area (Å²) in [6, 6.07) is 19.8. The lowest BCUT2D eigenvalue weighted by Gasteiger charge is -2.33. The van der Waals surface area contributed by atoms with Crippen molar-refractivity contribution < 1.29 is 5.11 Å². The van der Waals surface area contributed by atoms with E-state index in [2.05, 4.69) is 80.7 Å². The van der Waals surface area contributed by atoms with Crippen LogP contribution in [0.2, 0.25) is 0 Å². The van der Waals surface area contributed by atoms with Crippen LogP contribution in [0.1, 0.15) is 69.6 Å². The molecule has 0 saturated heterocycles. The van der Waals surface area contributed by atoms with Crippen LogP contribution in [0.25, 0.3) is 0 Å². The summed E-state index contributed by atoms with van der Waals surface area (Å²) in [7, 11) is 0. The molecule has 2 N–H and O–H groups in total. The third kappa shape index (κ3) is 6.52. The number of hydrogen-bond donors (Lipinski definition) is 2. The molecule has 0 radical (unpaired) electrons. The average Bonchev–Trinajstić information content (AvgIpc) is 2.68. The Morgan fingerprint density at radius 3 is 2.29 bits per heavy atom. The fourth-order valence-electron chi connectivity index (χ4n) is 4.14. The van der Waals surface area contributed by atoms with Gasteiger partial charge >= 0.3 is 0 Å². The number of benzene rings is 2. The highest BCUT2D eigenvalue weighted by molar-refractivity contribution is 7.99. The number of hydrogen-bond acceptors (Lipinski definition) is 3. The minimum Gasteiger partial charge on any atom is -0.387 e. The summed E-state index contributed by atoms with van der Waals surface area (Å²) < 4.78 is 0. The molecule has 2 nitrogen and oxygen atoms in total. The van der Waals surface area contributed by atoms with E-state index >= 15 is 0 Å². The van der Waals surface area contributed by atoms with Gasteiger partial charge in [0, 0.05) is 22.2 Å². The summed E-state index contributed by atoms with van der Waals surface area (Å²) in [6.07, 6.45) is 4.41. The molecule has 1 aliphatic carbocycles. The lowest BCUT2D eigenvalue weighted by atomic mass is 9.81. The second-order valence-electron chi connectivity index (χ2n) is 8.11. The fourth-order valence-corrected chi connectivity index (χ4v) is 4.97. The number of aliphatic hydroxyl groups is 1. The van der Waals surface area contributed by atoms with Crippen LogP contribution in [-0.2, 0) is 0 Å². The van der Waals surface area contributed by atoms with Crippen LogP contribution in [0.4, 0.5) is 0 Å². The first-order chi connectivity index (χ1) is 13.0. The molecular weight excluding hydrogens is 386 g/mol. The van der Waals surface area contributed by atoms with Crippen molar-refractivity contribution in [3.63, 3.8) is 0 Å². The summed E-state index contributed by atoms with van der Waals surface area (Å²) in [5, 5.41) is 15.1. The van der Waals surface area contributed by atoms with Crippen molar-refractivity contribution in [2.24, 2.45) is 0 Å². The zero-order valence-corrected chi connectivity index (χ0v) is 18.8. The summed E-state index contributed by atoms with van der Waals surface area (Å²) in [6.45, 7) is 6.51. The third-order valence-electron chi connectivity index (χ3n) is 5.51. The number of thioether (sulfide) groups is 1. The number of nitrogens with one attached hydrogen (secondary N) is 1. The fraction of sp³-hybridized carbons (Fsp3) is 0.500. The van der Waals surface area contributed by atoms with E-state index in [1.165, 1.54) is 29.7 Å². The van der Waals surface area contributed by atoms with Crippen molar-refractivity contribution >= 4 is 24.2 Å². The molecular formula is C24H34ClNOS. The standard InChI is InChI=1S/C24H33NOS.ClH/c1-17(2)27-23-14-12-20(13-15-23)24(26)18(3)25-22-11-7-10-21(16-22)19-8-5-4-6-9-19;/h4-6,8-9,12-15,17-18,21-22,24-26H,7,10-11,16H2,1-3H3;1H. The van der Waals surface area contributed by atoms with E-state index in [0.717, 1.165) is 12.0 Å². The monoisotopic (exact) mass is 419 g/mol. The summed E-state index contributed by atoms with van der Waals surface area (Å²) in [4.78, 5) is 1.26. The molecule has 0 spiro atoms. The molecule has 4 atom stereocenters. The zero-order valence-electron chi connectivity index (χ0n) is 17.2. The van der Waals surface area contributed by atoms with Crippen LogP contribution in [0, 0.1) is 0 Å². The predicted octanol–water partition coefficient (Wildman–Crippen LogP) is 6.35. The molecule has 1 saturated carbocycles. The largest absolute Gasteiger partial charge is 0.387 e. The maximum atomic E-state index is 10.8. The molecule has 4 heteroatoms. The molecule has 1 fully saturated rings. The molecule has 4 unspecified atom stereocenters. The van der Waals surface area contributed by atoms with Gasteiger partial charge in [-0.3, -0.25) is 0 Å². The van der Waals surface area contributed by atoms with Crippen LogP contribution in [-0.4, -0.2) is 22.4 Å². The Labute approximate surface area is 180 Å². The van der Waals surface area contributed by atoms with Crippen molar-refractivity contribution in [3.05, 3.63) is 65.7 Å². The van der Waals surface area contributed by atoms with E-state index in [4.69, 9.17) is 0 Å². The summed E-state index contributed by atoms with van der Waals surface area (Å²) in [5.41, 5.74) is 2.45. The quantitative estimate of drug-likeness (QED) is 0.513. The molecule has 0 heterocycles. The first-order valence-corrected chi connectivity index (χ1v) is 11.2. The van der Waals surface area contributed by atoms with E-state index in [1.54, 1.807) is 0 Å². The third-order valence-corrected chi connectivity index (χ3v) is 6.53. The molecule has 154 valence electrons. The molecule has 0 aliphatic heterocycles. The number of halogens is 1. The van der Waals surface area contributed by atoms with Gasteiger partial charge in [0.25, 0.3) is 0 Å². The summed E-state index contributed by atoms with van der Waals surface area (Å²) >= 11 is 1.86. The van der Waals surface area contributed by atoms with Crippen LogP contribution >= 0.6 is 24.2 Å². The molecule has 1 aliphatic rings. The van der Waals surface area contributed by atoms with Crippen molar-refractivity contribution in [2.75, 3.05) is 0 Å². The van der Waals surface area contributed by atoms with Gasteiger partial charge in [-0.05, 0) is 55.4 Å².